The molecular formula is C18H25NO8. The van der Waals surface area contributed by atoms with Gasteiger partial charge < -0.3 is 29.4 Å². The number of carbonyl (C=O) groups is 2. The molecule has 27 heavy (non-hydrogen) atoms. The number of ether oxygens (including phenoxy) is 1. The van der Waals surface area contributed by atoms with Crippen LogP contribution >= 0.6 is 0 Å². The number of carbonyl (C=O) groups excluding carboxylic acids is 1. The average molecular weight is 383 g/mol. The smallest absolute Gasteiger partial charge is 0.336 e. The summed E-state index contributed by atoms with van der Waals surface area (Å²) in [6, 6.07) is 1.33. The molecule has 1 aromatic rings. The second-order valence-electron chi connectivity index (χ2n) is 6.91. The van der Waals surface area contributed by atoms with Crippen LogP contribution in [0.25, 0.3) is 0 Å². The predicted octanol–water partition coefficient (Wildman–Crippen LogP) is 0.0743. The molecule has 1 amide bonds. The molecule has 3 heterocycles. The van der Waals surface area contributed by atoms with Crippen molar-refractivity contribution in [2.75, 3.05) is 19.7 Å². The lowest BCUT2D eigenvalue weighted by Gasteiger charge is -2.46. The minimum Gasteiger partial charge on any atom is -0.483 e. The van der Waals surface area contributed by atoms with Crippen molar-refractivity contribution in [3.63, 3.8) is 0 Å². The van der Waals surface area contributed by atoms with Gasteiger partial charge in [-0.25, -0.2) is 4.79 Å². The number of aliphatic hydroxyl groups is 2. The molecule has 2 saturated heterocycles. The van der Waals surface area contributed by atoms with Crippen LogP contribution in [0.2, 0.25) is 0 Å². The monoisotopic (exact) mass is 383 g/mol. The van der Waals surface area contributed by atoms with E-state index >= 15 is 0 Å². The zero-order valence-electron chi connectivity index (χ0n) is 15.4. The van der Waals surface area contributed by atoms with Crippen LogP contribution in [0.5, 0.6) is 0 Å². The lowest BCUT2D eigenvalue weighted by Crippen LogP contribution is -2.55. The van der Waals surface area contributed by atoms with Crippen molar-refractivity contribution in [3.8, 4) is 0 Å². The molecule has 2 aliphatic rings. The molecular weight excluding hydrogens is 358 g/mol. The number of aryl methyl sites for hydroxylation is 2. The van der Waals surface area contributed by atoms with Gasteiger partial charge in [0.05, 0.1) is 23.9 Å². The van der Waals surface area contributed by atoms with Gasteiger partial charge in [0.25, 0.3) is 12.4 Å². The first kappa shape index (κ1) is 21.1. The maximum atomic E-state index is 12.8. The molecule has 3 rings (SSSR count). The number of piperidine rings is 1. The van der Waals surface area contributed by atoms with E-state index in [0.717, 1.165) is 0 Å². The van der Waals surface area contributed by atoms with Gasteiger partial charge in [-0.1, -0.05) is 0 Å². The Hall–Kier alpha value is -2.23. The van der Waals surface area contributed by atoms with Gasteiger partial charge in [0.15, 0.2) is 0 Å². The molecule has 0 bridgehead atoms. The third kappa shape index (κ3) is 4.74. The van der Waals surface area contributed by atoms with Crippen molar-refractivity contribution >= 4 is 12.4 Å². The Morgan fingerprint density at radius 1 is 1.26 bits per heavy atom. The van der Waals surface area contributed by atoms with E-state index in [2.05, 4.69) is 0 Å². The quantitative estimate of drug-likeness (QED) is 0.580. The van der Waals surface area contributed by atoms with Gasteiger partial charge in [0.1, 0.15) is 11.9 Å². The van der Waals surface area contributed by atoms with E-state index in [0.29, 0.717) is 49.2 Å². The fourth-order valence-corrected chi connectivity index (χ4v) is 3.65. The first-order valence-corrected chi connectivity index (χ1v) is 8.71. The molecule has 2 aliphatic heterocycles. The molecule has 0 aromatic carbocycles. The van der Waals surface area contributed by atoms with Crippen molar-refractivity contribution in [2.24, 2.45) is 0 Å². The van der Waals surface area contributed by atoms with E-state index in [9.17, 15) is 19.8 Å². The predicted molar refractivity (Wildman–Crippen MR) is 93.6 cm³/mol. The van der Waals surface area contributed by atoms with Gasteiger partial charge >= 0.3 is 5.63 Å². The van der Waals surface area contributed by atoms with E-state index in [-0.39, 0.29) is 19.0 Å². The molecule has 2 fully saturated rings. The van der Waals surface area contributed by atoms with E-state index in [1.54, 1.807) is 18.7 Å². The number of carboxylic acid groups (broad SMARTS) is 1. The third-order valence-corrected chi connectivity index (χ3v) is 5.10. The van der Waals surface area contributed by atoms with Crippen LogP contribution in [-0.2, 0) is 9.53 Å². The van der Waals surface area contributed by atoms with Gasteiger partial charge in [0.2, 0.25) is 0 Å². The largest absolute Gasteiger partial charge is 0.483 e. The molecule has 9 nitrogen and oxygen atoms in total. The highest BCUT2D eigenvalue weighted by Gasteiger charge is 2.43. The number of aliphatic hydroxyl groups excluding tert-OH is 2. The average Bonchev–Trinajstić information content (AvgIpc) is 2.59. The van der Waals surface area contributed by atoms with E-state index in [1.165, 1.54) is 6.07 Å². The highest BCUT2D eigenvalue weighted by Crippen LogP contribution is 2.35. The molecule has 9 heteroatoms. The van der Waals surface area contributed by atoms with E-state index < -0.39 is 23.4 Å². The van der Waals surface area contributed by atoms with Gasteiger partial charge in [-0.15, -0.1) is 0 Å². The minimum absolute atomic E-state index is 0.122. The SMILES string of the molecule is Cc1cc(=O)oc(C)c1C(=O)N1CCC2(CC1)C[C@@H](O)[C@@H](O)CO2.O=CO. The molecule has 3 N–H and O–H groups in total. The zero-order chi connectivity index (χ0) is 20.2. The Labute approximate surface area is 156 Å². The van der Waals surface area contributed by atoms with Crippen LogP contribution in [0.4, 0.5) is 0 Å². The van der Waals surface area contributed by atoms with Gasteiger partial charge in [-0.05, 0) is 32.3 Å². The minimum atomic E-state index is -0.840. The molecule has 150 valence electrons. The van der Waals surface area contributed by atoms with Gasteiger partial charge in [0, 0.05) is 25.6 Å². The lowest BCUT2D eigenvalue weighted by atomic mass is 9.82. The van der Waals surface area contributed by atoms with Gasteiger partial charge in [-0.2, -0.15) is 0 Å². The maximum absolute atomic E-state index is 12.8. The van der Waals surface area contributed by atoms with Crippen LogP contribution in [0.3, 0.4) is 0 Å². The topological polar surface area (TPSA) is 138 Å². The first-order valence-electron chi connectivity index (χ1n) is 8.71. The number of nitrogens with zero attached hydrogens (tertiary/aromatic N) is 1. The van der Waals surface area contributed by atoms with E-state index in [1.807, 2.05) is 0 Å². The lowest BCUT2D eigenvalue weighted by molar-refractivity contribution is -0.185. The summed E-state index contributed by atoms with van der Waals surface area (Å²) in [5.41, 5.74) is 0.123. The van der Waals surface area contributed by atoms with Crippen molar-refractivity contribution < 1.29 is 34.1 Å². The van der Waals surface area contributed by atoms with Crippen molar-refractivity contribution in [2.45, 2.75) is 50.9 Å². The van der Waals surface area contributed by atoms with Gasteiger partial charge in [-0.3, -0.25) is 9.59 Å². The number of likely N-dealkylation sites (tertiary alicyclic amines) is 1. The Morgan fingerprint density at radius 2 is 1.85 bits per heavy atom. The maximum Gasteiger partial charge on any atom is 0.336 e. The van der Waals surface area contributed by atoms with Crippen molar-refractivity contribution in [1.82, 2.24) is 4.90 Å². The summed E-state index contributed by atoms with van der Waals surface area (Å²) >= 11 is 0. The molecule has 0 radical (unpaired) electrons. The summed E-state index contributed by atoms with van der Waals surface area (Å²) in [7, 11) is 0. The van der Waals surface area contributed by atoms with Crippen LogP contribution in [-0.4, -0.2) is 70.1 Å². The molecule has 0 aliphatic carbocycles. The summed E-state index contributed by atoms with van der Waals surface area (Å²) in [5, 5.41) is 26.4. The normalized spacial score (nSPS) is 24.1. The first-order chi connectivity index (χ1) is 12.7. The fraction of sp³-hybridized carbons (Fsp3) is 0.611. The molecule has 0 unspecified atom stereocenters. The summed E-state index contributed by atoms with van der Waals surface area (Å²) in [6.07, 6.45) is -0.0230. The molecule has 2 atom stereocenters. The van der Waals surface area contributed by atoms with Crippen LogP contribution in [0.1, 0.15) is 40.9 Å². The Kier molecular flexibility index (Phi) is 6.74. The molecule has 0 saturated carbocycles. The number of amides is 1. The Bertz CT molecular complexity index is 709. The third-order valence-electron chi connectivity index (χ3n) is 5.10. The fourth-order valence-electron chi connectivity index (χ4n) is 3.65. The highest BCUT2D eigenvalue weighted by molar-refractivity contribution is 5.96. The number of hydrogen-bond donors (Lipinski definition) is 3. The van der Waals surface area contributed by atoms with Crippen molar-refractivity contribution in [1.29, 1.82) is 0 Å². The Morgan fingerprint density at radius 3 is 2.37 bits per heavy atom. The van der Waals surface area contributed by atoms with Crippen molar-refractivity contribution in [3.05, 3.63) is 33.4 Å². The van der Waals surface area contributed by atoms with E-state index in [4.69, 9.17) is 19.1 Å². The standard InChI is InChI=1S/C17H23NO6.CH2O2/c1-10-7-14(21)24-11(2)15(10)16(22)18-5-3-17(4-6-18)8-12(19)13(20)9-23-17;2-1-3/h7,12-13,19-20H,3-6,8-9H2,1-2H3;1H,(H,2,3)/t12-,13+;/m1./s1. The van der Waals surface area contributed by atoms with Crippen LogP contribution in [0.15, 0.2) is 15.3 Å². The highest BCUT2D eigenvalue weighted by atomic mass is 16.5. The summed E-state index contributed by atoms with van der Waals surface area (Å²) < 4.78 is 10.8. The van der Waals surface area contributed by atoms with Crippen LogP contribution in [0, 0.1) is 13.8 Å². The second kappa shape index (κ2) is 8.64. The Balaban J connectivity index is 0.000000817. The van der Waals surface area contributed by atoms with Crippen LogP contribution < -0.4 is 5.63 Å². The number of hydrogen-bond acceptors (Lipinski definition) is 7. The second-order valence-corrected chi connectivity index (χ2v) is 6.91. The zero-order valence-corrected chi connectivity index (χ0v) is 15.4. The molecule has 1 spiro atoms. The molecule has 1 aromatic heterocycles. The summed E-state index contributed by atoms with van der Waals surface area (Å²) in [5.74, 6) is 0.178. The summed E-state index contributed by atoms with van der Waals surface area (Å²) in [6.45, 7) is 4.22. The number of rotatable bonds is 1. The summed E-state index contributed by atoms with van der Waals surface area (Å²) in [4.78, 5) is 34.2.